The van der Waals surface area contributed by atoms with Gasteiger partial charge in [-0.1, -0.05) is 50.1 Å². The number of hydrogen-bond acceptors (Lipinski definition) is 2. The van der Waals surface area contributed by atoms with Gasteiger partial charge in [0, 0.05) is 23.1 Å². The van der Waals surface area contributed by atoms with Gasteiger partial charge in [0.05, 0.1) is 6.61 Å². The van der Waals surface area contributed by atoms with Gasteiger partial charge in [0.15, 0.2) is 24.0 Å². The maximum atomic E-state index is 15.3. The van der Waals surface area contributed by atoms with E-state index in [1.807, 2.05) is 6.92 Å². The van der Waals surface area contributed by atoms with E-state index in [9.17, 15) is 30.7 Å². The Kier molecular flexibility index (Phi) is 10.5. The van der Waals surface area contributed by atoms with E-state index in [0.717, 1.165) is 37.0 Å². The molecule has 0 aliphatic carbocycles. The van der Waals surface area contributed by atoms with Crippen LogP contribution >= 0.6 is 0 Å². The monoisotopic (exact) mass is 610 g/mol. The van der Waals surface area contributed by atoms with Gasteiger partial charge in [0.25, 0.3) is 0 Å². The van der Waals surface area contributed by atoms with Crippen LogP contribution in [0.2, 0.25) is 0 Å². The van der Waals surface area contributed by atoms with Crippen molar-refractivity contribution < 1.29 is 44.6 Å². The van der Waals surface area contributed by atoms with E-state index in [0.29, 0.717) is 23.8 Å². The van der Waals surface area contributed by atoms with Crippen LogP contribution in [0.25, 0.3) is 10.8 Å². The Hall–Kier alpha value is -3.82. The summed E-state index contributed by atoms with van der Waals surface area (Å²) in [4.78, 5) is 0. The molecule has 0 spiro atoms. The zero-order valence-corrected chi connectivity index (χ0v) is 23.4. The van der Waals surface area contributed by atoms with Gasteiger partial charge in [-0.05, 0) is 66.3 Å². The smallest absolute Gasteiger partial charge is 0.422 e. The molecule has 43 heavy (non-hydrogen) atoms. The largest absolute Gasteiger partial charge is 0.493 e. The molecule has 0 aliphatic heterocycles. The van der Waals surface area contributed by atoms with Crippen LogP contribution in [0.5, 0.6) is 11.5 Å². The van der Waals surface area contributed by atoms with Crippen LogP contribution in [-0.4, -0.2) is 19.4 Å². The summed E-state index contributed by atoms with van der Waals surface area (Å²) in [7, 11) is 0. The van der Waals surface area contributed by atoms with E-state index in [4.69, 9.17) is 4.74 Å². The lowest BCUT2D eigenvalue weighted by atomic mass is 9.97. The Bertz CT molecular complexity index is 1520. The lowest BCUT2D eigenvalue weighted by Crippen LogP contribution is -2.20. The van der Waals surface area contributed by atoms with Crippen molar-refractivity contribution >= 4 is 10.8 Å². The van der Waals surface area contributed by atoms with E-state index in [1.165, 1.54) is 18.2 Å². The third-order valence-electron chi connectivity index (χ3n) is 7.01. The van der Waals surface area contributed by atoms with E-state index < -0.39 is 47.6 Å². The average molecular weight is 611 g/mol. The molecule has 0 amide bonds. The van der Waals surface area contributed by atoms with Crippen molar-refractivity contribution in [3.8, 4) is 11.5 Å². The van der Waals surface area contributed by atoms with E-state index in [2.05, 4.69) is 4.74 Å². The Morgan fingerprint density at radius 1 is 0.651 bits per heavy atom. The van der Waals surface area contributed by atoms with Gasteiger partial charge in [0.1, 0.15) is 23.2 Å². The van der Waals surface area contributed by atoms with Crippen molar-refractivity contribution in [2.45, 2.75) is 58.0 Å². The maximum Gasteiger partial charge on any atom is 0.422 e. The first-order valence-electron chi connectivity index (χ1n) is 13.9. The first-order valence-corrected chi connectivity index (χ1v) is 13.9. The Balaban J connectivity index is 1.40. The second kappa shape index (κ2) is 14.1. The van der Waals surface area contributed by atoms with Crippen molar-refractivity contribution in [3.05, 3.63) is 106 Å². The highest BCUT2D eigenvalue weighted by Crippen LogP contribution is 2.29. The van der Waals surface area contributed by atoms with Gasteiger partial charge in [-0.3, -0.25) is 0 Å². The normalized spacial score (nSPS) is 11.7. The van der Waals surface area contributed by atoms with Gasteiger partial charge >= 0.3 is 6.18 Å². The summed E-state index contributed by atoms with van der Waals surface area (Å²) in [5, 5.41) is 0.871. The van der Waals surface area contributed by atoms with Crippen molar-refractivity contribution in [1.29, 1.82) is 0 Å². The summed E-state index contributed by atoms with van der Waals surface area (Å²) in [5.74, 6) is -5.44. The molecule has 0 N–H and O–H groups in total. The zero-order valence-electron chi connectivity index (χ0n) is 23.4. The van der Waals surface area contributed by atoms with Gasteiger partial charge < -0.3 is 9.47 Å². The standard InChI is InChI=1S/C33H30F8O2/c1-2-3-4-13-42-24-17-27(34)26(28(35)18-24)12-7-20-6-11-25-23(14-20)10-9-22(31(25)38)8-5-21-15-29(36)32(30(37)16-21)43-19-33(39,40)41/h6,9-11,14-18H,2-5,7-8,12-13,19H2,1H3. The number of benzene rings is 4. The Morgan fingerprint density at radius 3 is 1.98 bits per heavy atom. The van der Waals surface area contributed by atoms with Crippen molar-refractivity contribution in [2.75, 3.05) is 13.2 Å². The third-order valence-corrected chi connectivity index (χ3v) is 7.01. The fourth-order valence-electron chi connectivity index (χ4n) is 4.78. The number of ether oxygens (including phenoxy) is 2. The maximum absolute atomic E-state index is 15.3. The third kappa shape index (κ3) is 8.61. The summed E-state index contributed by atoms with van der Waals surface area (Å²) < 4.78 is 120. The zero-order chi connectivity index (χ0) is 31.1. The van der Waals surface area contributed by atoms with Crippen LogP contribution in [0.3, 0.4) is 0 Å². The lowest BCUT2D eigenvalue weighted by molar-refractivity contribution is -0.154. The SMILES string of the molecule is CCCCCOc1cc(F)c(CCc2ccc3c(F)c(CCc4cc(F)c(OCC(F)(F)F)c(F)c4)ccc3c2)c(F)c1. The molecule has 0 radical (unpaired) electrons. The quantitative estimate of drug-likeness (QED) is 0.111. The molecule has 0 aliphatic rings. The lowest BCUT2D eigenvalue weighted by Gasteiger charge is -2.12. The minimum absolute atomic E-state index is 0.0214. The van der Waals surface area contributed by atoms with Gasteiger partial charge in [-0.2, -0.15) is 13.2 Å². The second-order valence-corrected chi connectivity index (χ2v) is 10.3. The Morgan fingerprint density at radius 2 is 1.33 bits per heavy atom. The van der Waals surface area contributed by atoms with Crippen molar-refractivity contribution in [2.24, 2.45) is 0 Å². The molecule has 0 aromatic heterocycles. The molecule has 0 saturated heterocycles. The molecular formula is C33H30F8O2. The van der Waals surface area contributed by atoms with Crippen LogP contribution in [0.1, 0.15) is 48.4 Å². The highest BCUT2D eigenvalue weighted by atomic mass is 19.4. The molecule has 0 fully saturated rings. The van der Waals surface area contributed by atoms with E-state index in [1.54, 1.807) is 24.3 Å². The van der Waals surface area contributed by atoms with Crippen LogP contribution in [-0.2, 0) is 25.7 Å². The van der Waals surface area contributed by atoms with Gasteiger partial charge in [0.2, 0.25) is 0 Å². The van der Waals surface area contributed by atoms with Crippen LogP contribution < -0.4 is 9.47 Å². The topological polar surface area (TPSA) is 18.5 Å². The number of alkyl halides is 3. The molecule has 230 valence electrons. The predicted molar refractivity (Wildman–Crippen MR) is 148 cm³/mol. The summed E-state index contributed by atoms with van der Waals surface area (Å²) in [5.41, 5.74) is 1.09. The molecule has 0 atom stereocenters. The molecule has 4 aromatic carbocycles. The van der Waals surface area contributed by atoms with Crippen molar-refractivity contribution in [1.82, 2.24) is 0 Å². The molecule has 4 aromatic rings. The van der Waals surface area contributed by atoms with E-state index >= 15 is 4.39 Å². The highest BCUT2D eigenvalue weighted by molar-refractivity contribution is 5.84. The number of fused-ring (bicyclic) bond motifs is 1. The predicted octanol–water partition coefficient (Wildman–Crippen LogP) is 9.62. The molecule has 0 saturated carbocycles. The second-order valence-electron chi connectivity index (χ2n) is 10.3. The van der Waals surface area contributed by atoms with Gasteiger partial charge in [-0.15, -0.1) is 0 Å². The first-order chi connectivity index (χ1) is 20.4. The summed E-state index contributed by atoms with van der Waals surface area (Å²) in [6.45, 7) is 0.596. The molecule has 0 heterocycles. The molecule has 0 bridgehead atoms. The summed E-state index contributed by atoms with van der Waals surface area (Å²) >= 11 is 0. The average Bonchev–Trinajstić information content (AvgIpc) is 2.93. The molecule has 2 nitrogen and oxygen atoms in total. The number of aryl methyl sites for hydroxylation is 3. The molecular weight excluding hydrogens is 580 g/mol. The first kappa shape index (κ1) is 32.1. The molecule has 0 unspecified atom stereocenters. The number of unbranched alkanes of at least 4 members (excludes halogenated alkanes) is 2. The highest BCUT2D eigenvalue weighted by Gasteiger charge is 2.30. The van der Waals surface area contributed by atoms with Crippen LogP contribution in [0, 0.1) is 29.1 Å². The molecule has 10 heteroatoms. The number of hydrogen-bond donors (Lipinski definition) is 0. The van der Waals surface area contributed by atoms with Crippen LogP contribution in [0.15, 0.2) is 54.6 Å². The fourth-order valence-corrected chi connectivity index (χ4v) is 4.78. The number of halogens is 8. The van der Waals surface area contributed by atoms with Crippen LogP contribution in [0.4, 0.5) is 35.1 Å². The van der Waals surface area contributed by atoms with Gasteiger partial charge in [-0.25, -0.2) is 22.0 Å². The number of rotatable bonds is 13. The molecule has 4 rings (SSSR count). The summed E-state index contributed by atoms with van der Waals surface area (Å²) in [6.07, 6.45) is -1.49. The minimum atomic E-state index is -4.75. The van der Waals surface area contributed by atoms with Crippen molar-refractivity contribution in [3.63, 3.8) is 0 Å². The van der Waals surface area contributed by atoms with E-state index in [-0.39, 0.29) is 41.7 Å². The Labute approximate surface area is 244 Å². The minimum Gasteiger partial charge on any atom is -0.493 e. The summed E-state index contributed by atoms with van der Waals surface area (Å²) in [6, 6.07) is 12.3. The fraction of sp³-hybridized carbons (Fsp3) is 0.333.